The first-order chi connectivity index (χ1) is 8.59. The fourth-order valence-electron chi connectivity index (χ4n) is 1.93. The summed E-state index contributed by atoms with van der Waals surface area (Å²) in [6.45, 7) is 2.66. The number of carboxylic acid groups (broad SMARTS) is 1. The minimum atomic E-state index is -1.14. The minimum absolute atomic E-state index is 0.0204. The Kier molecular flexibility index (Phi) is 3.60. The lowest BCUT2D eigenvalue weighted by atomic mass is 10.1. The largest absolute Gasteiger partial charge is 0.478 e. The summed E-state index contributed by atoms with van der Waals surface area (Å²) in [7, 11) is 0. The molecular weight excluding hydrogens is 232 g/mol. The Balaban J connectivity index is 2.01. The van der Waals surface area contributed by atoms with Gasteiger partial charge in [0.25, 0.3) is 5.91 Å². The van der Waals surface area contributed by atoms with Crippen LogP contribution >= 0.6 is 0 Å². The van der Waals surface area contributed by atoms with Crippen molar-refractivity contribution in [3.8, 4) is 0 Å². The van der Waals surface area contributed by atoms with Gasteiger partial charge in [-0.3, -0.25) is 9.78 Å². The van der Waals surface area contributed by atoms with Crippen molar-refractivity contribution in [2.75, 3.05) is 6.54 Å². The van der Waals surface area contributed by atoms with Crippen molar-refractivity contribution in [1.29, 1.82) is 0 Å². The predicted octanol–water partition coefficient (Wildman–Crippen LogP) is 1.56. The zero-order chi connectivity index (χ0) is 13.1. The van der Waals surface area contributed by atoms with Gasteiger partial charge in [-0.2, -0.15) is 0 Å². The van der Waals surface area contributed by atoms with Crippen molar-refractivity contribution in [1.82, 2.24) is 10.3 Å². The van der Waals surface area contributed by atoms with E-state index in [1.807, 2.05) is 0 Å². The van der Waals surface area contributed by atoms with Crippen molar-refractivity contribution < 1.29 is 14.7 Å². The number of amides is 1. The van der Waals surface area contributed by atoms with Gasteiger partial charge in [0.1, 0.15) is 5.69 Å². The smallest absolute Gasteiger partial charge is 0.338 e. The van der Waals surface area contributed by atoms with Gasteiger partial charge in [0.15, 0.2) is 0 Å². The third kappa shape index (κ3) is 2.85. The number of rotatable bonds is 5. The van der Waals surface area contributed by atoms with E-state index in [9.17, 15) is 9.59 Å². The average molecular weight is 248 g/mol. The van der Waals surface area contributed by atoms with Crippen LogP contribution in [0, 0.1) is 11.8 Å². The first kappa shape index (κ1) is 12.5. The van der Waals surface area contributed by atoms with Gasteiger partial charge >= 0.3 is 5.97 Å². The van der Waals surface area contributed by atoms with Crippen LogP contribution in [0.5, 0.6) is 0 Å². The molecule has 1 unspecified atom stereocenters. The predicted molar refractivity (Wildman–Crippen MR) is 65.4 cm³/mol. The molecule has 96 valence electrons. The Labute approximate surface area is 105 Å². The summed E-state index contributed by atoms with van der Waals surface area (Å²) < 4.78 is 0. The molecule has 5 heteroatoms. The van der Waals surface area contributed by atoms with Crippen LogP contribution in [0.3, 0.4) is 0 Å². The van der Waals surface area contributed by atoms with Gasteiger partial charge in [-0.25, -0.2) is 4.79 Å². The number of aromatic carboxylic acids is 1. The van der Waals surface area contributed by atoms with Gasteiger partial charge in [-0.15, -0.1) is 0 Å². The van der Waals surface area contributed by atoms with Crippen molar-refractivity contribution in [3.05, 3.63) is 29.6 Å². The Morgan fingerprint density at radius 1 is 1.56 bits per heavy atom. The number of hydrogen-bond donors (Lipinski definition) is 2. The summed E-state index contributed by atoms with van der Waals surface area (Å²) >= 11 is 0. The normalized spacial score (nSPS) is 16.1. The summed E-state index contributed by atoms with van der Waals surface area (Å²) in [5.41, 5.74) is -0.0814. The number of hydrogen-bond acceptors (Lipinski definition) is 3. The topological polar surface area (TPSA) is 79.3 Å². The van der Waals surface area contributed by atoms with E-state index in [-0.39, 0.29) is 11.3 Å². The van der Waals surface area contributed by atoms with Gasteiger partial charge in [0, 0.05) is 12.7 Å². The molecule has 1 aliphatic rings. The highest BCUT2D eigenvalue weighted by Gasteiger charge is 2.28. The molecule has 1 fully saturated rings. The molecule has 0 saturated heterocycles. The number of pyridine rings is 1. The van der Waals surface area contributed by atoms with Gasteiger partial charge in [-0.05, 0) is 36.8 Å². The van der Waals surface area contributed by atoms with E-state index >= 15 is 0 Å². The third-order valence-corrected chi connectivity index (χ3v) is 3.26. The molecule has 0 radical (unpaired) electrons. The Morgan fingerprint density at radius 2 is 2.28 bits per heavy atom. The van der Waals surface area contributed by atoms with Crippen LogP contribution in [-0.2, 0) is 0 Å². The first-order valence-electron chi connectivity index (χ1n) is 6.06. The van der Waals surface area contributed by atoms with Gasteiger partial charge in [0.2, 0.25) is 0 Å². The van der Waals surface area contributed by atoms with Crippen molar-refractivity contribution >= 4 is 11.9 Å². The highest BCUT2D eigenvalue weighted by Crippen LogP contribution is 2.36. The fraction of sp³-hybridized carbons (Fsp3) is 0.462. The molecule has 1 aliphatic carbocycles. The number of nitrogens with one attached hydrogen (secondary N) is 1. The number of carbonyl (C=O) groups is 2. The quantitative estimate of drug-likeness (QED) is 0.828. The Morgan fingerprint density at radius 3 is 2.89 bits per heavy atom. The molecule has 0 aliphatic heterocycles. The summed E-state index contributed by atoms with van der Waals surface area (Å²) in [4.78, 5) is 26.7. The van der Waals surface area contributed by atoms with Crippen LogP contribution in [0.2, 0.25) is 0 Å². The Hall–Kier alpha value is -1.91. The molecule has 1 heterocycles. The van der Waals surface area contributed by atoms with Crippen LogP contribution in [0.25, 0.3) is 0 Å². The molecule has 1 atom stereocenters. The maximum Gasteiger partial charge on any atom is 0.338 e. The highest BCUT2D eigenvalue weighted by molar-refractivity contribution is 6.03. The number of nitrogens with zero attached hydrogens (tertiary/aromatic N) is 1. The average Bonchev–Trinajstić information content (AvgIpc) is 3.19. The van der Waals surface area contributed by atoms with Crippen LogP contribution < -0.4 is 5.32 Å². The van der Waals surface area contributed by atoms with Crippen LogP contribution in [0.15, 0.2) is 18.3 Å². The van der Waals surface area contributed by atoms with E-state index in [0.29, 0.717) is 18.4 Å². The molecule has 5 nitrogen and oxygen atoms in total. The maximum atomic E-state index is 11.9. The SMILES string of the molecule is CC(CNC(=O)c1ncccc1C(=O)O)C1CC1. The van der Waals surface area contributed by atoms with Gasteiger partial charge in [-0.1, -0.05) is 6.92 Å². The van der Waals surface area contributed by atoms with E-state index in [0.717, 1.165) is 0 Å². The van der Waals surface area contributed by atoms with Gasteiger partial charge < -0.3 is 10.4 Å². The number of carboxylic acids is 1. The maximum absolute atomic E-state index is 11.9. The molecule has 1 amide bonds. The van der Waals surface area contributed by atoms with Crippen molar-refractivity contribution in [2.24, 2.45) is 11.8 Å². The molecule has 0 spiro atoms. The molecular formula is C13H16N2O3. The van der Waals surface area contributed by atoms with E-state index in [1.165, 1.54) is 31.2 Å². The molecule has 1 aromatic heterocycles. The highest BCUT2D eigenvalue weighted by atomic mass is 16.4. The van der Waals surface area contributed by atoms with Crippen LogP contribution in [-0.4, -0.2) is 28.5 Å². The summed E-state index contributed by atoms with van der Waals surface area (Å²) in [5, 5.41) is 11.7. The molecule has 18 heavy (non-hydrogen) atoms. The zero-order valence-electron chi connectivity index (χ0n) is 10.2. The lowest BCUT2D eigenvalue weighted by molar-refractivity contribution is 0.0690. The molecule has 0 aromatic carbocycles. The lowest BCUT2D eigenvalue weighted by Crippen LogP contribution is -2.31. The molecule has 2 rings (SSSR count). The van der Waals surface area contributed by atoms with Crippen LogP contribution in [0.4, 0.5) is 0 Å². The molecule has 2 N–H and O–H groups in total. The number of carbonyl (C=O) groups excluding carboxylic acids is 1. The van der Waals surface area contributed by atoms with Crippen molar-refractivity contribution in [2.45, 2.75) is 19.8 Å². The summed E-state index contributed by atoms with van der Waals surface area (Å²) in [6, 6.07) is 2.89. The van der Waals surface area contributed by atoms with E-state index in [4.69, 9.17) is 5.11 Å². The lowest BCUT2D eigenvalue weighted by Gasteiger charge is -2.11. The molecule has 1 aromatic rings. The minimum Gasteiger partial charge on any atom is -0.478 e. The first-order valence-corrected chi connectivity index (χ1v) is 6.06. The fourth-order valence-corrected chi connectivity index (χ4v) is 1.93. The summed E-state index contributed by atoms with van der Waals surface area (Å²) in [5.74, 6) is -0.414. The van der Waals surface area contributed by atoms with E-state index < -0.39 is 11.9 Å². The Bertz CT molecular complexity index is 469. The standard InChI is InChI=1S/C13H16N2O3/c1-8(9-4-5-9)7-15-12(16)11-10(13(17)18)3-2-6-14-11/h2-3,6,8-9H,4-5,7H2,1H3,(H,15,16)(H,17,18). The number of aromatic nitrogens is 1. The summed E-state index contributed by atoms with van der Waals surface area (Å²) in [6.07, 6.45) is 3.87. The third-order valence-electron chi connectivity index (χ3n) is 3.26. The second-order valence-corrected chi connectivity index (χ2v) is 4.73. The molecule has 1 saturated carbocycles. The van der Waals surface area contributed by atoms with E-state index in [1.54, 1.807) is 0 Å². The monoisotopic (exact) mass is 248 g/mol. The molecule has 0 bridgehead atoms. The van der Waals surface area contributed by atoms with Crippen LogP contribution in [0.1, 0.15) is 40.6 Å². The van der Waals surface area contributed by atoms with E-state index in [2.05, 4.69) is 17.2 Å². The second-order valence-electron chi connectivity index (χ2n) is 4.73. The zero-order valence-corrected chi connectivity index (χ0v) is 10.2. The van der Waals surface area contributed by atoms with Gasteiger partial charge in [0.05, 0.1) is 5.56 Å². The van der Waals surface area contributed by atoms with Crippen molar-refractivity contribution in [3.63, 3.8) is 0 Å². The second kappa shape index (κ2) is 5.16.